The maximum absolute atomic E-state index is 14.3. The van der Waals surface area contributed by atoms with Crippen LogP contribution < -0.4 is 0 Å². The molecule has 0 aliphatic carbocycles. The fraction of sp³-hybridized carbons (Fsp3) is 0.400. The van der Waals surface area contributed by atoms with Crippen LogP contribution in [0.15, 0.2) is 90.8 Å². The average Bonchev–Trinajstić information content (AvgIpc) is 3.47. The van der Waals surface area contributed by atoms with Crippen molar-refractivity contribution in [1.82, 2.24) is 19.9 Å². The van der Waals surface area contributed by atoms with Crippen molar-refractivity contribution in [3.63, 3.8) is 0 Å². The van der Waals surface area contributed by atoms with Crippen LogP contribution in [0.25, 0.3) is 5.57 Å². The van der Waals surface area contributed by atoms with Gasteiger partial charge in [0, 0.05) is 43.3 Å². The monoisotopic (exact) mass is 598 g/mol. The summed E-state index contributed by atoms with van der Waals surface area (Å²) in [6.45, 7) is 9.72. The first-order valence-corrected chi connectivity index (χ1v) is 16.2. The molecule has 2 aliphatic rings. The number of benzene rings is 2. The Bertz CT molecular complexity index is 1360. The molecule has 0 radical (unpaired) electrons. The smallest absolute Gasteiger partial charge is 0.412 e. The number of nitrogens with zero attached hydrogens (tertiary/aromatic N) is 4. The van der Waals surface area contributed by atoms with Gasteiger partial charge in [0.05, 0.1) is 0 Å². The lowest BCUT2D eigenvalue weighted by Crippen LogP contribution is -2.57. The number of thioether (sulfide) groups is 1. The van der Waals surface area contributed by atoms with E-state index in [0.717, 1.165) is 37.9 Å². The van der Waals surface area contributed by atoms with Gasteiger partial charge in [-0.2, -0.15) is 0 Å². The van der Waals surface area contributed by atoms with Crippen LogP contribution in [-0.2, 0) is 9.53 Å². The lowest BCUT2D eigenvalue weighted by atomic mass is 9.88. The van der Waals surface area contributed by atoms with Crippen LogP contribution in [0.2, 0.25) is 0 Å². The highest BCUT2D eigenvalue weighted by Crippen LogP contribution is 2.43. The van der Waals surface area contributed by atoms with Gasteiger partial charge in [0.2, 0.25) is 0 Å². The molecule has 2 amide bonds. The van der Waals surface area contributed by atoms with E-state index < -0.39 is 17.7 Å². The van der Waals surface area contributed by atoms with Gasteiger partial charge >= 0.3 is 6.09 Å². The summed E-state index contributed by atoms with van der Waals surface area (Å²) in [5.74, 6) is 0.452. The first-order valence-electron chi connectivity index (χ1n) is 15.2. The molecule has 2 unspecified atom stereocenters. The molecular weight excluding hydrogens is 556 g/mol. The number of hydrogen-bond acceptors (Lipinski definition) is 6. The van der Waals surface area contributed by atoms with Crippen LogP contribution in [0, 0.1) is 0 Å². The Morgan fingerprint density at radius 3 is 2.12 bits per heavy atom. The number of carbonyl (C=O) groups excluding carboxylic acids is 2. The molecule has 43 heavy (non-hydrogen) atoms. The number of carbonyl (C=O) groups is 2. The topological polar surface area (TPSA) is 66.0 Å². The Labute approximate surface area is 259 Å². The zero-order valence-electron chi connectivity index (χ0n) is 25.6. The molecule has 5 rings (SSSR count). The van der Waals surface area contributed by atoms with E-state index in [9.17, 15) is 9.59 Å². The Kier molecular flexibility index (Phi) is 9.88. The van der Waals surface area contributed by atoms with E-state index in [1.165, 1.54) is 22.3 Å². The van der Waals surface area contributed by atoms with Gasteiger partial charge in [-0.25, -0.2) is 9.80 Å². The molecular formula is C35H42N4O3S. The first-order chi connectivity index (χ1) is 20.8. The molecule has 2 aromatic carbocycles. The highest BCUT2D eigenvalue weighted by atomic mass is 32.2. The zero-order valence-corrected chi connectivity index (χ0v) is 26.4. The number of ether oxygens (including phenoxy) is 1. The minimum atomic E-state index is -0.675. The second kappa shape index (κ2) is 13.8. The Morgan fingerprint density at radius 1 is 0.953 bits per heavy atom. The van der Waals surface area contributed by atoms with E-state index in [0.29, 0.717) is 12.3 Å². The average molecular weight is 599 g/mol. The fourth-order valence-electron chi connectivity index (χ4n) is 5.83. The summed E-state index contributed by atoms with van der Waals surface area (Å²) in [4.78, 5) is 33.8. The second-order valence-electron chi connectivity index (χ2n) is 12.0. The molecule has 3 aromatic rings. The van der Waals surface area contributed by atoms with Crippen molar-refractivity contribution < 1.29 is 14.3 Å². The summed E-state index contributed by atoms with van der Waals surface area (Å²) in [6, 6.07) is 24.3. The molecule has 0 spiro atoms. The number of piperidine rings is 1. The van der Waals surface area contributed by atoms with Crippen molar-refractivity contribution in [3.8, 4) is 0 Å². The molecule has 0 N–H and O–H groups in total. The molecule has 2 saturated heterocycles. The number of amides is 2. The van der Waals surface area contributed by atoms with Crippen molar-refractivity contribution in [1.29, 1.82) is 0 Å². The SMILES string of the molecule is CCCN(C(=O)C1CSC(c2cccnc2)N1C(=O)OC(C)(C)C)N1CCC(=C(c2ccccc2)c2ccccc2)CC1. The van der Waals surface area contributed by atoms with Gasteiger partial charge in [-0.3, -0.25) is 19.7 Å². The number of rotatable bonds is 7. The molecule has 2 fully saturated rings. The molecule has 226 valence electrons. The van der Waals surface area contributed by atoms with Crippen molar-refractivity contribution >= 4 is 29.3 Å². The molecule has 3 heterocycles. The van der Waals surface area contributed by atoms with Crippen molar-refractivity contribution in [3.05, 3.63) is 107 Å². The van der Waals surface area contributed by atoms with Crippen molar-refractivity contribution in [2.45, 2.75) is 64.0 Å². The molecule has 1 aromatic heterocycles. The van der Waals surface area contributed by atoms with Crippen LogP contribution in [0.5, 0.6) is 0 Å². The van der Waals surface area contributed by atoms with Gasteiger partial charge in [-0.05, 0) is 62.8 Å². The standard InChI is InChI=1S/C35H42N4O3S/c1-5-21-38(32(40)30-25-43-33(29-17-12-20-36-24-29)39(30)34(41)42-35(2,3)4)37-22-18-28(19-23-37)31(26-13-8-6-9-14-26)27-15-10-7-11-16-27/h6-17,20,24,30,33H,5,18-19,21-23,25H2,1-4H3. The molecule has 0 bridgehead atoms. The summed E-state index contributed by atoms with van der Waals surface area (Å²) in [5, 5.41) is 3.75. The number of hydrazine groups is 1. The van der Waals surface area contributed by atoms with Gasteiger partial charge in [0.25, 0.3) is 5.91 Å². The zero-order chi connectivity index (χ0) is 30.4. The van der Waals surface area contributed by atoms with E-state index in [-0.39, 0.29) is 11.3 Å². The van der Waals surface area contributed by atoms with E-state index in [1.54, 1.807) is 29.1 Å². The predicted octanol–water partition coefficient (Wildman–Crippen LogP) is 7.18. The normalized spacial score (nSPS) is 19.3. The quantitative estimate of drug-likeness (QED) is 0.287. The lowest BCUT2D eigenvalue weighted by Gasteiger charge is -2.41. The highest BCUT2D eigenvalue weighted by Gasteiger charge is 2.46. The van der Waals surface area contributed by atoms with Gasteiger partial charge in [-0.1, -0.05) is 79.2 Å². The molecule has 8 heteroatoms. The summed E-state index contributed by atoms with van der Waals surface area (Å²) >= 11 is 1.59. The van der Waals surface area contributed by atoms with Gasteiger partial charge in [0.1, 0.15) is 17.0 Å². The highest BCUT2D eigenvalue weighted by molar-refractivity contribution is 7.99. The first kappa shape index (κ1) is 30.8. The number of aromatic nitrogens is 1. The lowest BCUT2D eigenvalue weighted by molar-refractivity contribution is -0.155. The van der Waals surface area contributed by atoms with Crippen LogP contribution in [-0.4, -0.2) is 68.9 Å². The summed E-state index contributed by atoms with van der Waals surface area (Å²) in [7, 11) is 0. The third-order valence-electron chi connectivity index (χ3n) is 7.71. The van der Waals surface area contributed by atoms with Crippen molar-refractivity contribution in [2.24, 2.45) is 0 Å². The third-order valence-corrected chi connectivity index (χ3v) is 9.04. The minimum absolute atomic E-state index is 0.0506. The minimum Gasteiger partial charge on any atom is -0.444 e. The van der Waals surface area contributed by atoms with Crippen LogP contribution in [0.1, 0.15) is 69.0 Å². The fourth-order valence-corrected chi connectivity index (χ4v) is 7.22. The molecule has 0 saturated carbocycles. The number of hydrogen-bond donors (Lipinski definition) is 0. The van der Waals surface area contributed by atoms with E-state index in [4.69, 9.17) is 4.74 Å². The maximum atomic E-state index is 14.3. The Morgan fingerprint density at radius 2 is 1.58 bits per heavy atom. The molecule has 2 aliphatic heterocycles. The summed E-state index contributed by atoms with van der Waals surface area (Å²) in [5.41, 5.74) is 5.34. The van der Waals surface area contributed by atoms with Crippen LogP contribution in [0.3, 0.4) is 0 Å². The number of pyridine rings is 1. The van der Waals surface area contributed by atoms with E-state index in [2.05, 4.69) is 65.4 Å². The Balaban J connectivity index is 1.39. The largest absolute Gasteiger partial charge is 0.444 e. The maximum Gasteiger partial charge on any atom is 0.412 e. The van der Waals surface area contributed by atoms with E-state index >= 15 is 0 Å². The molecule has 2 atom stereocenters. The predicted molar refractivity (Wildman–Crippen MR) is 173 cm³/mol. The molecule has 7 nitrogen and oxygen atoms in total. The van der Waals surface area contributed by atoms with Crippen LogP contribution >= 0.6 is 11.8 Å². The van der Waals surface area contributed by atoms with Crippen LogP contribution in [0.4, 0.5) is 4.79 Å². The Hall–Kier alpha value is -3.62. The van der Waals surface area contributed by atoms with Gasteiger partial charge in [0.15, 0.2) is 0 Å². The van der Waals surface area contributed by atoms with E-state index in [1.807, 2.05) is 50.0 Å². The van der Waals surface area contributed by atoms with Gasteiger partial charge in [-0.15, -0.1) is 11.8 Å². The second-order valence-corrected chi connectivity index (χ2v) is 13.1. The summed E-state index contributed by atoms with van der Waals surface area (Å²) in [6.07, 6.45) is 5.55. The van der Waals surface area contributed by atoms with Gasteiger partial charge < -0.3 is 4.74 Å². The summed E-state index contributed by atoms with van der Waals surface area (Å²) < 4.78 is 5.83. The van der Waals surface area contributed by atoms with Crippen molar-refractivity contribution in [2.75, 3.05) is 25.4 Å². The third kappa shape index (κ3) is 7.31.